The van der Waals surface area contributed by atoms with Gasteiger partial charge in [-0.25, -0.2) is 0 Å². The predicted octanol–water partition coefficient (Wildman–Crippen LogP) is 9.03. The number of hydrogen-bond donors (Lipinski definition) is 0. The van der Waals surface area contributed by atoms with Crippen LogP contribution in [0.3, 0.4) is 0 Å². The molecule has 1 aliphatic rings. The quantitative estimate of drug-likeness (QED) is 0.248. The number of halogens is 2. The number of hydrogen-bond acceptors (Lipinski definition) is 0. The van der Waals surface area contributed by atoms with Crippen molar-refractivity contribution in [1.29, 1.82) is 0 Å². The molecular weight excluding hydrogens is 460 g/mol. The molecule has 2 heteroatoms. The van der Waals surface area contributed by atoms with Crippen LogP contribution in [0.15, 0.2) is 33.2 Å². The summed E-state index contributed by atoms with van der Waals surface area (Å²) >= 11 is 7.68. The smallest absolute Gasteiger partial charge is 0.0242 e. The van der Waals surface area contributed by atoms with E-state index in [0.29, 0.717) is 0 Å². The molecule has 0 N–H and O–H groups in total. The minimum atomic E-state index is 1.09. The molecule has 0 nitrogen and oxygen atoms in total. The van der Waals surface area contributed by atoms with Gasteiger partial charge in [-0.3, -0.25) is 0 Å². The molecule has 0 heterocycles. The second kappa shape index (κ2) is 10.3. The standard InChI is InChI=1S/C25H32Br2/c1-3-5-7-9-11-18-16-23-21-14-13-20(26)15-19(21)17-24(23)22(25(18)27)12-10-8-6-4-2/h13-16H,3-12,17H2,1-2H3. The van der Waals surface area contributed by atoms with E-state index in [4.69, 9.17) is 0 Å². The molecule has 0 aliphatic heterocycles. The number of fused-ring (bicyclic) bond motifs is 3. The van der Waals surface area contributed by atoms with E-state index in [2.05, 4.69) is 70.0 Å². The average molecular weight is 492 g/mol. The first-order valence-corrected chi connectivity index (χ1v) is 12.4. The Morgan fingerprint density at radius 2 is 1.48 bits per heavy atom. The van der Waals surface area contributed by atoms with Crippen LogP contribution in [0.2, 0.25) is 0 Å². The van der Waals surface area contributed by atoms with Crippen LogP contribution in [0.4, 0.5) is 0 Å². The normalized spacial score (nSPS) is 12.3. The van der Waals surface area contributed by atoms with E-state index >= 15 is 0 Å². The van der Waals surface area contributed by atoms with Gasteiger partial charge in [0.15, 0.2) is 0 Å². The molecule has 0 saturated carbocycles. The van der Waals surface area contributed by atoms with Crippen LogP contribution in [0.1, 0.15) is 87.5 Å². The van der Waals surface area contributed by atoms with Crippen molar-refractivity contribution < 1.29 is 0 Å². The van der Waals surface area contributed by atoms with Gasteiger partial charge in [-0.2, -0.15) is 0 Å². The fourth-order valence-corrected chi connectivity index (χ4v) is 5.49. The van der Waals surface area contributed by atoms with E-state index in [0.717, 1.165) is 6.42 Å². The second-order valence-corrected chi connectivity index (χ2v) is 9.66. The van der Waals surface area contributed by atoms with Gasteiger partial charge in [-0.05, 0) is 83.7 Å². The lowest BCUT2D eigenvalue weighted by Crippen LogP contribution is -2.00. The molecular formula is C25H32Br2. The van der Waals surface area contributed by atoms with Gasteiger partial charge in [0.1, 0.15) is 0 Å². The number of rotatable bonds is 10. The van der Waals surface area contributed by atoms with Gasteiger partial charge < -0.3 is 0 Å². The Kier molecular flexibility index (Phi) is 8.02. The Hall–Kier alpha value is -0.600. The van der Waals surface area contributed by atoms with Crippen molar-refractivity contribution in [2.45, 2.75) is 84.5 Å². The summed E-state index contributed by atoms with van der Waals surface area (Å²) in [5.74, 6) is 0. The molecule has 0 amide bonds. The van der Waals surface area contributed by atoms with Crippen molar-refractivity contribution >= 4 is 31.9 Å². The van der Waals surface area contributed by atoms with Crippen molar-refractivity contribution in [3.63, 3.8) is 0 Å². The van der Waals surface area contributed by atoms with E-state index in [1.165, 1.54) is 95.4 Å². The number of unbranched alkanes of at least 4 members (excludes halogenated alkanes) is 6. The summed E-state index contributed by atoms with van der Waals surface area (Å²) in [6, 6.07) is 9.30. The predicted molar refractivity (Wildman–Crippen MR) is 126 cm³/mol. The van der Waals surface area contributed by atoms with Crippen LogP contribution in [-0.4, -0.2) is 0 Å². The Bertz CT molecular complexity index is 776. The fourth-order valence-electron chi connectivity index (χ4n) is 4.33. The molecule has 3 rings (SSSR count). The average Bonchev–Trinajstić information content (AvgIpc) is 3.01. The monoisotopic (exact) mass is 490 g/mol. The zero-order chi connectivity index (χ0) is 19.2. The molecule has 0 atom stereocenters. The summed E-state index contributed by atoms with van der Waals surface area (Å²) in [7, 11) is 0. The largest absolute Gasteiger partial charge is 0.0654 e. The molecule has 0 bridgehead atoms. The van der Waals surface area contributed by atoms with Crippen molar-refractivity contribution in [3.05, 3.63) is 55.5 Å². The summed E-state index contributed by atoms with van der Waals surface area (Å²) in [5, 5.41) is 0. The molecule has 2 aromatic rings. The van der Waals surface area contributed by atoms with Gasteiger partial charge in [-0.1, -0.05) is 90.3 Å². The second-order valence-electron chi connectivity index (χ2n) is 7.95. The van der Waals surface area contributed by atoms with Crippen molar-refractivity contribution in [3.8, 4) is 11.1 Å². The zero-order valence-corrected chi connectivity index (χ0v) is 20.0. The van der Waals surface area contributed by atoms with Gasteiger partial charge in [0.2, 0.25) is 0 Å². The van der Waals surface area contributed by atoms with Crippen LogP contribution in [-0.2, 0) is 19.3 Å². The Labute approximate surface area is 182 Å². The third-order valence-electron chi connectivity index (χ3n) is 5.86. The Morgan fingerprint density at radius 1 is 0.778 bits per heavy atom. The number of aryl methyl sites for hydroxylation is 1. The van der Waals surface area contributed by atoms with E-state index in [1.807, 2.05) is 0 Å². The van der Waals surface area contributed by atoms with Crippen molar-refractivity contribution in [2.75, 3.05) is 0 Å². The third-order valence-corrected chi connectivity index (χ3v) is 7.34. The summed E-state index contributed by atoms with van der Waals surface area (Å²) in [5.41, 5.74) is 9.10. The minimum absolute atomic E-state index is 1.09. The maximum Gasteiger partial charge on any atom is 0.0242 e. The lowest BCUT2D eigenvalue weighted by molar-refractivity contribution is 0.658. The van der Waals surface area contributed by atoms with Gasteiger partial charge in [0.25, 0.3) is 0 Å². The zero-order valence-electron chi connectivity index (χ0n) is 16.8. The van der Waals surface area contributed by atoms with Gasteiger partial charge in [-0.15, -0.1) is 0 Å². The topological polar surface area (TPSA) is 0 Å². The molecule has 1 aliphatic carbocycles. The first-order chi connectivity index (χ1) is 13.2. The first kappa shape index (κ1) is 21.1. The summed E-state index contributed by atoms with van der Waals surface area (Å²) in [6.07, 6.45) is 14.1. The highest BCUT2D eigenvalue weighted by atomic mass is 79.9. The van der Waals surface area contributed by atoms with E-state index in [1.54, 1.807) is 11.1 Å². The molecule has 0 radical (unpaired) electrons. The van der Waals surface area contributed by atoms with Gasteiger partial charge >= 0.3 is 0 Å². The molecule has 0 aromatic heterocycles. The highest BCUT2D eigenvalue weighted by molar-refractivity contribution is 9.10. The molecule has 0 fully saturated rings. The lowest BCUT2D eigenvalue weighted by atomic mass is 9.92. The Balaban J connectivity index is 1.91. The van der Waals surface area contributed by atoms with E-state index in [9.17, 15) is 0 Å². The molecule has 2 aromatic carbocycles. The van der Waals surface area contributed by atoms with Crippen LogP contribution in [0, 0.1) is 0 Å². The van der Waals surface area contributed by atoms with Crippen LogP contribution in [0.5, 0.6) is 0 Å². The fraction of sp³-hybridized carbons (Fsp3) is 0.520. The van der Waals surface area contributed by atoms with Crippen molar-refractivity contribution in [1.82, 2.24) is 0 Å². The van der Waals surface area contributed by atoms with E-state index in [-0.39, 0.29) is 0 Å². The van der Waals surface area contributed by atoms with Crippen LogP contribution < -0.4 is 0 Å². The summed E-state index contributed by atoms with van der Waals surface area (Å²) in [6.45, 7) is 4.58. The lowest BCUT2D eigenvalue weighted by Gasteiger charge is -2.16. The highest BCUT2D eigenvalue weighted by Gasteiger charge is 2.24. The van der Waals surface area contributed by atoms with Crippen LogP contribution >= 0.6 is 31.9 Å². The molecule has 0 unspecified atom stereocenters. The highest BCUT2D eigenvalue weighted by Crippen LogP contribution is 2.44. The maximum absolute atomic E-state index is 4.02. The SMILES string of the molecule is CCCCCCc1cc2c(c(CCCCCC)c1Br)Cc1cc(Br)ccc1-2. The summed E-state index contributed by atoms with van der Waals surface area (Å²) in [4.78, 5) is 0. The van der Waals surface area contributed by atoms with Gasteiger partial charge in [0.05, 0.1) is 0 Å². The molecule has 0 saturated heterocycles. The Morgan fingerprint density at radius 3 is 2.19 bits per heavy atom. The molecule has 27 heavy (non-hydrogen) atoms. The third kappa shape index (κ3) is 5.07. The maximum atomic E-state index is 4.02. The van der Waals surface area contributed by atoms with Crippen LogP contribution in [0.25, 0.3) is 11.1 Å². The van der Waals surface area contributed by atoms with E-state index < -0.39 is 0 Å². The molecule has 0 spiro atoms. The minimum Gasteiger partial charge on any atom is -0.0654 e. The molecule has 146 valence electrons. The van der Waals surface area contributed by atoms with Gasteiger partial charge in [0, 0.05) is 8.95 Å². The van der Waals surface area contributed by atoms with Crippen molar-refractivity contribution in [2.24, 2.45) is 0 Å². The summed E-state index contributed by atoms with van der Waals surface area (Å²) < 4.78 is 2.60. The number of benzene rings is 2. The first-order valence-electron chi connectivity index (χ1n) is 10.8.